The van der Waals surface area contributed by atoms with Gasteiger partial charge in [0.25, 0.3) is 5.91 Å². The molecule has 2 N–H and O–H groups in total. The summed E-state index contributed by atoms with van der Waals surface area (Å²) in [4.78, 5) is 25.6. The van der Waals surface area contributed by atoms with E-state index in [2.05, 4.69) is 0 Å². The van der Waals surface area contributed by atoms with Gasteiger partial charge in [0.1, 0.15) is 0 Å². The second kappa shape index (κ2) is 5.18. The molecule has 0 aromatic heterocycles. The lowest BCUT2D eigenvalue weighted by atomic mass is 9.98. The number of hydrogen-bond donors (Lipinski definition) is 2. The van der Waals surface area contributed by atoms with Crippen molar-refractivity contribution in [1.82, 2.24) is 4.90 Å². The van der Waals surface area contributed by atoms with E-state index in [4.69, 9.17) is 0 Å². The van der Waals surface area contributed by atoms with Crippen LogP contribution in [0.5, 0.6) is 0 Å². The zero-order valence-electron chi connectivity index (χ0n) is 11.3. The highest BCUT2D eigenvalue weighted by atomic mass is 16.4. The molecule has 0 bridgehead atoms. The highest BCUT2D eigenvalue weighted by molar-refractivity contribution is 6.14. The zero-order chi connectivity index (χ0) is 15.0. The summed E-state index contributed by atoms with van der Waals surface area (Å²) in [5.74, 6) is -1.28. The Bertz CT molecular complexity index is 720. The smallest absolute Gasteiger partial charge is 0.336 e. The van der Waals surface area contributed by atoms with E-state index in [-0.39, 0.29) is 11.5 Å². The number of carbonyl (C=O) groups is 2. The molecule has 5 nitrogen and oxygen atoms in total. The number of rotatable bonds is 2. The first-order valence-electron chi connectivity index (χ1n) is 6.80. The molecule has 0 unspecified atom stereocenters. The summed E-state index contributed by atoms with van der Waals surface area (Å²) in [6.07, 6.45) is 0.0605. The fraction of sp³-hybridized carbons (Fsp3) is 0.250. The molecule has 1 fully saturated rings. The first-order chi connectivity index (χ1) is 10.1. The summed E-state index contributed by atoms with van der Waals surface area (Å²) in [5.41, 5.74) is 0.496. The topological polar surface area (TPSA) is 77.8 Å². The zero-order valence-corrected chi connectivity index (χ0v) is 11.3. The van der Waals surface area contributed by atoms with Crippen LogP contribution in [0.1, 0.15) is 27.1 Å². The van der Waals surface area contributed by atoms with Gasteiger partial charge in [-0.05, 0) is 23.9 Å². The van der Waals surface area contributed by atoms with Gasteiger partial charge in [0.2, 0.25) is 0 Å². The molecule has 21 heavy (non-hydrogen) atoms. The highest BCUT2D eigenvalue weighted by Gasteiger charge is 2.27. The Balaban J connectivity index is 2.14. The van der Waals surface area contributed by atoms with Gasteiger partial charge in [-0.25, -0.2) is 4.79 Å². The van der Waals surface area contributed by atoms with Crippen molar-refractivity contribution in [2.24, 2.45) is 0 Å². The van der Waals surface area contributed by atoms with Crippen LogP contribution < -0.4 is 0 Å². The Kier molecular flexibility index (Phi) is 3.35. The minimum atomic E-state index is -1.05. The number of hydrogen-bond acceptors (Lipinski definition) is 3. The molecule has 0 radical (unpaired) electrons. The van der Waals surface area contributed by atoms with Crippen molar-refractivity contribution in [1.29, 1.82) is 0 Å². The lowest BCUT2D eigenvalue weighted by Gasteiger charge is -2.17. The third-order valence-electron chi connectivity index (χ3n) is 3.82. The number of nitrogens with zero attached hydrogens (tertiary/aromatic N) is 1. The fourth-order valence-corrected chi connectivity index (χ4v) is 2.79. The molecule has 5 heteroatoms. The quantitative estimate of drug-likeness (QED) is 0.881. The third kappa shape index (κ3) is 2.36. The maximum Gasteiger partial charge on any atom is 0.336 e. The maximum absolute atomic E-state index is 12.6. The van der Waals surface area contributed by atoms with Crippen LogP contribution in [-0.4, -0.2) is 46.2 Å². The van der Waals surface area contributed by atoms with Gasteiger partial charge in [0, 0.05) is 24.0 Å². The number of aromatic carboxylic acids is 1. The molecule has 2 aromatic carbocycles. The SMILES string of the molecule is O=C(O)c1cccc2cccc(C(=O)N3CC[C@@H](O)C3)c12. The van der Waals surface area contributed by atoms with Gasteiger partial charge >= 0.3 is 5.97 Å². The number of carboxylic acids is 1. The van der Waals surface area contributed by atoms with Crippen LogP contribution in [0.2, 0.25) is 0 Å². The molecule has 108 valence electrons. The van der Waals surface area contributed by atoms with Crippen LogP contribution in [0.4, 0.5) is 0 Å². The van der Waals surface area contributed by atoms with E-state index in [1.54, 1.807) is 35.2 Å². The van der Waals surface area contributed by atoms with Gasteiger partial charge in [-0.3, -0.25) is 4.79 Å². The molecule has 0 saturated carbocycles. The highest BCUT2D eigenvalue weighted by Crippen LogP contribution is 2.25. The van der Waals surface area contributed by atoms with Gasteiger partial charge in [-0.1, -0.05) is 24.3 Å². The molecule has 0 spiro atoms. The van der Waals surface area contributed by atoms with E-state index in [1.807, 2.05) is 0 Å². The van der Waals surface area contributed by atoms with Crippen molar-refractivity contribution in [2.75, 3.05) is 13.1 Å². The molecule has 1 heterocycles. The van der Waals surface area contributed by atoms with Gasteiger partial charge in [0.15, 0.2) is 0 Å². The summed E-state index contributed by atoms with van der Waals surface area (Å²) in [5, 5.41) is 20.1. The number of aliphatic hydroxyl groups is 1. The molecule has 2 aromatic rings. The predicted octanol–water partition coefficient (Wildman–Crippen LogP) is 1.74. The molecule has 1 amide bonds. The molecule has 3 rings (SSSR count). The predicted molar refractivity (Wildman–Crippen MR) is 77.4 cm³/mol. The van der Waals surface area contributed by atoms with Gasteiger partial charge in [-0.15, -0.1) is 0 Å². The Morgan fingerprint density at radius 2 is 1.76 bits per heavy atom. The van der Waals surface area contributed by atoms with Crippen molar-refractivity contribution in [2.45, 2.75) is 12.5 Å². The van der Waals surface area contributed by atoms with Crippen LogP contribution in [0.3, 0.4) is 0 Å². The van der Waals surface area contributed by atoms with Crippen molar-refractivity contribution < 1.29 is 19.8 Å². The summed E-state index contributed by atoms with van der Waals surface area (Å²) in [6.45, 7) is 0.788. The molecule has 1 aliphatic heterocycles. The summed E-state index contributed by atoms with van der Waals surface area (Å²) >= 11 is 0. The van der Waals surface area contributed by atoms with E-state index >= 15 is 0 Å². The monoisotopic (exact) mass is 285 g/mol. The van der Waals surface area contributed by atoms with Crippen LogP contribution >= 0.6 is 0 Å². The first kappa shape index (κ1) is 13.6. The normalized spacial score (nSPS) is 18.1. The minimum Gasteiger partial charge on any atom is -0.478 e. The van der Waals surface area contributed by atoms with Crippen molar-refractivity contribution in [3.8, 4) is 0 Å². The Morgan fingerprint density at radius 3 is 2.33 bits per heavy atom. The minimum absolute atomic E-state index is 0.121. The van der Waals surface area contributed by atoms with E-state index in [1.165, 1.54) is 6.07 Å². The molecule has 1 aliphatic rings. The number of carbonyl (C=O) groups excluding carboxylic acids is 1. The van der Waals surface area contributed by atoms with Crippen LogP contribution in [0.15, 0.2) is 36.4 Å². The van der Waals surface area contributed by atoms with Crippen LogP contribution in [-0.2, 0) is 0 Å². The molecular weight excluding hydrogens is 270 g/mol. The van der Waals surface area contributed by atoms with E-state index in [0.29, 0.717) is 30.5 Å². The summed E-state index contributed by atoms with van der Waals surface area (Å²) in [6, 6.07) is 10.1. The lowest BCUT2D eigenvalue weighted by molar-refractivity contribution is 0.0699. The first-order valence-corrected chi connectivity index (χ1v) is 6.80. The summed E-state index contributed by atoms with van der Waals surface area (Å²) in [7, 11) is 0. The largest absolute Gasteiger partial charge is 0.478 e. The maximum atomic E-state index is 12.6. The van der Waals surface area contributed by atoms with Crippen molar-refractivity contribution in [3.05, 3.63) is 47.5 Å². The van der Waals surface area contributed by atoms with Gasteiger partial charge in [-0.2, -0.15) is 0 Å². The van der Waals surface area contributed by atoms with Crippen molar-refractivity contribution >= 4 is 22.6 Å². The lowest BCUT2D eigenvalue weighted by Crippen LogP contribution is -2.29. The fourth-order valence-electron chi connectivity index (χ4n) is 2.79. The Hall–Kier alpha value is -2.40. The number of benzene rings is 2. The van der Waals surface area contributed by atoms with Gasteiger partial charge in [0.05, 0.1) is 11.7 Å². The molecule has 1 atom stereocenters. The molecular formula is C16H15NO4. The average Bonchev–Trinajstić information content (AvgIpc) is 2.91. The second-order valence-electron chi connectivity index (χ2n) is 5.21. The number of carboxylic acid groups (broad SMARTS) is 1. The summed E-state index contributed by atoms with van der Waals surface area (Å²) < 4.78 is 0. The van der Waals surface area contributed by atoms with Crippen molar-refractivity contribution in [3.63, 3.8) is 0 Å². The Morgan fingerprint density at radius 1 is 1.10 bits per heavy atom. The van der Waals surface area contributed by atoms with Gasteiger partial charge < -0.3 is 15.1 Å². The molecule has 1 saturated heterocycles. The van der Waals surface area contributed by atoms with E-state index in [0.717, 1.165) is 5.39 Å². The number of likely N-dealkylation sites (tertiary alicyclic amines) is 1. The average molecular weight is 285 g/mol. The standard InChI is InChI=1S/C16H15NO4/c18-11-7-8-17(9-11)15(19)12-5-1-3-10-4-2-6-13(14(10)12)16(20)21/h1-6,11,18H,7-9H2,(H,20,21)/t11-/m1/s1. The number of aliphatic hydroxyl groups excluding tert-OH is 1. The van der Waals surface area contributed by atoms with Crippen LogP contribution in [0.25, 0.3) is 10.8 Å². The van der Waals surface area contributed by atoms with E-state index in [9.17, 15) is 19.8 Å². The van der Waals surface area contributed by atoms with Crippen LogP contribution in [0, 0.1) is 0 Å². The van der Waals surface area contributed by atoms with E-state index < -0.39 is 12.1 Å². The third-order valence-corrected chi connectivity index (χ3v) is 3.82. The second-order valence-corrected chi connectivity index (χ2v) is 5.21. The Labute approximate surface area is 121 Å². The number of amides is 1. The molecule has 0 aliphatic carbocycles. The number of fused-ring (bicyclic) bond motifs is 1. The number of β-amino-alcohol motifs (C(OH)–C–C–N with tert-alkyl or cyclic N) is 1.